The molecule has 2 aliphatic heterocycles. The zero-order chi connectivity index (χ0) is 12.5. The third-order valence-corrected chi connectivity index (χ3v) is 4.58. The molecule has 0 spiro atoms. The van der Waals surface area contributed by atoms with Crippen molar-refractivity contribution in [1.29, 1.82) is 0 Å². The van der Waals surface area contributed by atoms with E-state index in [1.54, 1.807) is 0 Å². The van der Waals surface area contributed by atoms with E-state index in [1.165, 1.54) is 31.7 Å². The van der Waals surface area contributed by atoms with E-state index in [2.05, 4.69) is 54.4 Å². The van der Waals surface area contributed by atoms with E-state index in [4.69, 9.17) is 0 Å². The zero-order valence-electron chi connectivity index (χ0n) is 11.5. The van der Waals surface area contributed by atoms with Gasteiger partial charge in [-0.2, -0.15) is 0 Å². The van der Waals surface area contributed by atoms with Crippen molar-refractivity contribution in [3.8, 4) is 0 Å². The molecule has 1 N–H and O–H groups in total. The number of hydrogen-bond acceptors (Lipinski definition) is 2. The highest BCUT2D eigenvalue weighted by Gasteiger charge is 2.39. The van der Waals surface area contributed by atoms with Crippen LogP contribution in [0.3, 0.4) is 0 Å². The Morgan fingerprint density at radius 2 is 1.67 bits per heavy atom. The Kier molecular flexibility index (Phi) is 3.40. The Hall–Kier alpha value is -0.860. The summed E-state index contributed by atoms with van der Waals surface area (Å²) in [6.45, 7) is 9.69. The predicted octanol–water partition coefficient (Wildman–Crippen LogP) is 2.53. The molecule has 2 nitrogen and oxygen atoms in total. The van der Waals surface area contributed by atoms with E-state index in [0.717, 1.165) is 11.8 Å². The van der Waals surface area contributed by atoms with Crippen molar-refractivity contribution in [2.75, 3.05) is 26.2 Å². The summed E-state index contributed by atoms with van der Waals surface area (Å²) in [6.07, 6.45) is 0. The van der Waals surface area contributed by atoms with E-state index in [9.17, 15) is 0 Å². The summed E-state index contributed by atoms with van der Waals surface area (Å²) in [5.74, 6) is 2.45. The number of benzene rings is 1. The molecule has 2 aliphatic rings. The lowest BCUT2D eigenvalue weighted by atomic mass is 9.94. The molecule has 2 saturated heterocycles. The second-order valence-electron chi connectivity index (χ2n) is 6.23. The lowest BCUT2D eigenvalue weighted by Gasteiger charge is -2.32. The molecule has 2 heteroatoms. The normalized spacial score (nSPS) is 29.7. The molecule has 1 unspecified atom stereocenters. The summed E-state index contributed by atoms with van der Waals surface area (Å²) in [4.78, 5) is 2.72. The van der Waals surface area contributed by atoms with Gasteiger partial charge in [-0.25, -0.2) is 0 Å². The first-order valence-electron chi connectivity index (χ1n) is 7.25. The van der Waals surface area contributed by atoms with Crippen LogP contribution in [0.15, 0.2) is 30.3 Å². The average Bonchev–Trinajstić information content (AvgIpc) is 2.91. The molecule has 0 saturated carbocycles. The minimum atomic E-state index is 0.594. The molecule has 2 fully saturated rings. The molecule has 18 heavy (non-hydrogen) atoms. The van der Waals surface area contributed by atoms with Gasteiger partial charge in [0.2, 0.25) is 0 Å². The summed E-state index contributed by atoms with van der Waals surface area (Å²) >= 11 is 0. The van der Waals surface area contributed by atoms with Crippen molar-refractivity contribution < 1.29 is 0 Å². The molecule has 0 aromatic heterocycles. The van der Waals surface area contributed by atoms with Crippen LogP contribution in [0.4, 0.5) is 0 Å². The molecule has 2 heterocycles. The summed E-state index contributed by atoms with van der Waals surface area (Å²) < 4.78 is 0. The number of likely N-dealkylation sites (tertiary alicyclic amines) is 1. The fraction of sp³-hybridized carbons (Fsp3) is 0.625. The van der Waals surface area contributed by atoms with E-state index in [1.807, 2.05) is 0 Å². The molecule has 1 aromatic carbocycles. The molecule has 0 bridgehead atoms. The van der Waals surface area contributed by atoms with Crippen molar-refractivity contribution in [2.45, 2.75) is 19.9 Å². The summed E-state index contributed by atoms with van der Waals surface area (Å²) in [5, 5.41) is 3.53. The molecule has 0 amide bonds. The lowest BCUT2D eigenvalue weighted by molar-refractivity contribution is 0.180. The van der Waals surface area contributed by atoms with Crippen LogP contribution < -0.4 is 5.32 Å². The maximum Gasteiger partial charge on any atom is 0.0371 e. The Balaban J connectivity index is 1.79. The average molecular weight is 244 g/mol. The van der Waals surface area contributed by atoms with Crippen LogP contribution in [0.25, 0.3) is 0 Å². The highest BCUT2D eigenvalue weighted by atomic mass is 15.2. The van der Waals surface area contributed by atoms with E-state index < -0.39 is 0 Å². The molecule has 0 aliphatic carbocycles. The molecular formula is C16H24N2. The fourth-order valence-electron chi connectivity index (χ4n) is 3.79. The highest BCUT2D eigenvalue weighted by molar-refractivity contribution is 5.20. The summed E-state index contributed by atoms with van der Waals surface area (Å²) in [6, 6.07) is 11.6. The van der Waals surface area contributed by atoms with Gasteiger partial charge in [0.1, 0.15) is 0 Å². The number of fused-ring (bicyclic) bond motifs is 1. The van der Waals surface area contributed by atoms with Gasteiger partial charge in [0.05, 0.1) is 0 Å². The summed E-state index contributed by atoms with van der Waals surface area (Å²) in [5.41, 5.74) is 1.49. The number of nitrogens with zero attached hydrogens (tertiary/aromatic N) is 1. The highest BCUT2D eigenvalue weighted by Crippen LogP contribution is 2.36. The SMILES string of the molecule is CC(C)C(c1ccccc1)N1C[C@H]2CNC[C@H]2C1. The molecule has 98 valence electrons. The predicted molar refractivity (Wildman–Crippen MR) is 75.4 cm³/mol. The second kappa shape index (κ2) is 5.02. The largest absolute Gasteiger partial charge is 0.316 e. The van der Waals surface area contributed by atoms with Gasteiger partial charge in [0.15, 0.2) is 0 Å². The monoisotopic (exact) mass is 244 g/mol. The van der Waals surface area contributed by atoms with Crippen LogP contribution in [0.1, 0.15) is 25.5 Å². The first-order chi connectivity index (χ1) is 8.75. The van der Waals surface area contributed by atoms with Gasteiger partial charge in [0, 0.05) is 19.1 Å². The van der Waals surface area contributed by atoms with Gasteiger partial charge in [0.25, 0.3) is 0 Å². The second-order valence-corrected chi connectivity index (χ2v) is 6.23. The molecule has 3 rings (SSSR count). The first kappa shape index (κ1) is 12.2. The Morgan fingerprint density at radius 1 is 1.06 bits per heavy atom. The van der Waals surface area contributed by atoms with Gasteiger partial charge in [-0.1, -0.05) is 44.2 Å². The minimum Gasteiger partial charge on any atom is -0.316 e. The Bertz CT molecular complexity index is 375. The lowest BCUT2D eigenvalue weighted by Crippen LogP contribution is -2.32. The number of nitrogens with one attached hydrogen (secondary N) is 1. The van der Waals surface area contributed by atoms with Crippen molar-refractivity contribution >= 4 is 0 Å². The van der Waals surface area contributed by atoms with E-state index in [-0.39, 0.29) is 0 Å². The van der Waals surface area contributed by atoms with Crippen LogP contribution >= 0.6 is 0 Å². The minimum absolute atomic E-state index is 0.594. The van der Waals surface area contributed by atoms with Gasteiger partial charge in [-0.05, 0) is 36.4 Å². The quantitative estimate of drug-likeness (QED) is 0.879. The molecular weight excluding hydrogens is 220 g/mol. The van der Waals surface area contributed by atoms with Gasteiger partial charge in [-0.3, -0.25) is 4.90 Å². The van der Waals surface area contributed by atoms with Crippen LogP contribution in [-0.2, 0) is 0 Å². The van der Waals surface area contributed by atoms with Gasteiger partial charge < -0.3 is 5.32 Å². The fourth-order valence-corrected chi connectivity index (χ4v) is 3.79. The van der Waals surface area contributed by atoms with Crippen molar-refractivity contribution in [3.05, 3.63) is 35.9 Å². The van der Waals surface area contributed by atoms with Crippen molar-refractivity contribution in [2.24, 2.45) is 17.8 Å². The molecule has 0 radical (unpaired) electrons. The molecule has 3 atom stereocenters. The van der Waals surface area contributed by atoms with E-state index in [0.29, 0.717) is 12.0 Å². The zero-order valence-corrected chi connectivity index (χ0v) is 11.5. The van der Waals surface area contributed by atoms with Crippen LogP contribution in [0, 0.1) is 17.8 Å². The maximum absolute atomic E-state index is 3.53. The smallest absolute Gasteiger partial charge is 0.0371 e. The van der Waals surface area contributed by atoms with Crippen LogP contribution in [-0.4, -0.2) is 31.1 Å². The third kappa shape index (κ3) is 2.19. The summed E-state index contributed by atoms with van der Waals surface area (Å²) in [7, 11) is 0. The van der Waals surface area contributed by atoms with Gasteiger partial charge >= 0.3 is 0 Å². The number of hydrogen-bond donors (Lipinski definition) is 1. The van der Waals surface area contributed by atoms with Crippen molar-refractivity contribution in [1.82, 2.24) is 10.2 Å². The number of rotatable bonds is 3. The van der Waals surface area contributed by atoms with Crippen molar-refractivity contribution in [3.63, 3.8) is 0 Å². The van der Waals surface area contributed by atoms with Crippen LogP contribution in [0.5, 0.6) is 0 Å². The molecule has 1 aromatic rings. The standard InChI is InChI=1S/C16H24N2/c1-12(2)16(13-6-4-3-5-7-13)18-10-14-8-17-9-15(14)11-18/h3-7,12,14-17H,8-11H2,1-2H3/t14-,15+,16?. The maximum atomic E-state index is 3.53. The first-order valence-corrected chi connectivity index (χ1v) is 7.25. The van der Waals surface area contributed by atoms with E-state index >= 15 is 0 Å². The van der Waals surface area contributed by atoms with Gasteiger partial charge in [-0.15, -0.1) is 0 Å². The Labute approximate surface area is 110 Å². The third-order valence-electron chi connectivity index (χ3n) is 4.58. The Morgan fingerprint density at radius 3 is 2.22 bits per heavy atom. The van der Waals surface area contributed by atoms with Crippen LogP contribution in [0.2, 0.25) is 0 Å². The topological polar surface area (TPSA) is 15.3 Å².